The van der Waals surface area contributed by atoms with Crippen molar-refractivity contribution in [3.63, 3.8) is 0 Å². The molecular formula is C17H12Cl2FNO3. The molecule has 2 aromatic rings. The molecule has 0 aliphatic rings. The summed E-state index contributed by atoms with van der Waals surface area (Å²) in [4.78, 5) is 23.2. The topological polar surface area (TPSA) is 55.4 Å². The normalized spacial score (nSPS) is 10.6. The van der Waals surface area contributed by atoms with Gasteiger partial charge in [-0.25, -0.2) is 9.18 Å². The van der Waals surface area contributed by atoms with Gasteiger partial charge in [-0.15, -0.1) is 0 Å². The first-order chi connectivity index (χ1) is 11.4. The molecule has 4 nitrogen and oxygen atoms in total. The van der Waals surface area contributed by atoms with Crippen molar-refractivity contribution in [1.29, 1.82) is 0 Å². The predicted molar refractivity (Wildman–Crippen MR) is 91.5 cm³/mol. The maximum absolute atomic E-state index is 13.5. The number of esters is 1. The Hall–Kier alpha value is -2.37. The lowest BCUT2D eigenvalue weighted by Crippen LogP contribution is -2.20. The van der Waals surface area contributed by atoms with E-state index in [1.807, 2.05) is 0 Å². The number of rotatable bonds is 5. The molecule has 0 unspecified atom stereocenters. The predicted octanol–water partition coefficient (Wildman–Crippen LogP) is 4.33. The molecule has 1 N–H and O–H groups in total. The Morgan fingerprint density at radius 2 is 1.75 bits per heavy atom. The second-order valence-corrected chi connectivity index (χ2v) is 5.54. The fourth-order valence-corrected chi connectivity index (χ4v) is 2.00. The molecule has 24 heavy (non-hydrogen) atoms. The van der Waals surface area contributed by atoms with Crippen molar-refractivity contribution in [2.45, 2.75) is 0 Å². The Morgan fingerprint density at radius 1 is 1.08 bits per heavy atom. The molecule has 0 atom stereocenters. The van der Waals surface area contributed by atoms with Crippen LogP contribution in [0.25, 0.3) is 6.08 Å². The van der Waals surface area contributed by atoms with Gasteiger partial charge in [0.25, 0.3) is 5.91 Å². The molecule has 1 amide bonds. The zero-order valence-electron chi connectivity index (χ0n) is 12.3. The van der Waals surface area contributed by atoms with E-state index in [0.717, 1.165) is 11.6 Å². The van der Waals surface area contributed by atoms with Crippen LogP contribution in [0.1, 0.15) is 5.56 Å². The van der Waals surface area contributed by atoms with Gasteiger partial charge in [-0.2, -0.15) is 0 Å². The van der Waals surface area contributed by atoms with Crippen molar-refractivity contribution in [1.82, 2.24) is 0 Å². The third-order valence-electron chi connectivity index (χ3n) is 2.83. The average molecular weight is 368 g/mol. The summed E-state index contributed by atoms with van der Waals surface area (Å²) in [5.74, 6) is -2.02. The molecule has 2 rings (SSSR count). The highest BCUT2D eigenvalue weighted by Gasteiger charge is 2.09. The number of hydrogen-bond donors (Lipinski definition) is 1. The van der Waals surface area contributed by atoms with Crippen molar-refractivity contribution in [2.75, 3.05) is 11.9 Å². The third kappa shape index (κ3) is 5.68. The van der Waals surface area contributed by atoms with E-state index in [-0.39, 0.29) is 10.7 Å². The Kier molecular flexibility index (Phi) is 6.35. The van der Waals surface area contributed by atoms with E-state index in [4.69, 9.17) is 27.9 Å². The van der Waals surface area contributed by atoms with E-state index in [9.17, 15) is 14.0 Å². The van der Waals surface area contributed by atoms with Crippen LogP contribution in [0, 0.1) is 5.82 Å². The minimum atomic E-state index is -0.702. The summed E-state index contributed by atoms with van der Waals surface area (Å²) in [5, 5.41) is 3.13. The van der Waals surface area contributed by atoms with Crippen LogP contribution >= 0.6 is 23.2 Å². The van der Waals surface area contributed by atoms with Gasteiger partial charge in [0, 0.05) is 16.1 Å². The summed E-state index contributed by atoms with van der Waals surface area (Å²) >= 11 is 11.5. The molecule has 0 radical (unpaired) electrons. The Morgan fingerprint density at radius 3 is 2.46 bits per heavy atom. The van der Waals surface area contributed by atoms with Gasteiger partial charge in [-0.05, 0) is 42.0 Å². The minimum absolute atomic E-state index is 0.0831. The van der Waals surface area contributed by atoms with Crippen LogP contribution in [0.2, 0.25) is 10.0 Å². The molecule has 124 valence electrons. The van der Waals surface area contributed by atoms with Crippen LogP contribution in [0.3, 0.4) is 0 Å². The zero-order valence-corrected chi connectivity index (χ0v) is 13.8. The number of carbonyl (C=O) groups is 2. The van der Waals surface area contributed by atoms with Crippen LogP contribution in [-0.2, 0) is 14.3 Å². The number of ether oxygens (including phenoxy) is 1. The molecular weight excluding hydrogens is 356 g/mol. The van der Waals surface area contributed by atoms with E-state index >= 15 is 0 Å². The molecule has 0 saturated carbocycles. The lowest BCUT2D eigenvalue weighted by atomic mass is 10.2. The second-order valence-electron chi connectivity index (χ2n) is 4.66. The number of amides is 1. The molecule has 0 aromatic heterocycles. The largest absolute Gasteiger partial charge is 0.452 e. The summed E-state index contributed by atoms with van der Waals surface area (Å²) in [6.45, 7) is -0.546. The van der Waals surface area contributed by atoms with Gasteiger partial charge in [0.2, 0.25) is 0 Å². The number of nitrogens with one attached hydrogen (secondary N) is 1. The quantitative estimate of drug-likeness (QED) is 0.632. The molecule has 7 heteroatoms. The Labute approximate surface area is 147 Å². The van der Waals surface area contributed by atoms with Crippen molar-refractivity contribution in [2.24, 2.45) is 0 Å². The van der Waals surface area contributed by atoms with Crippen LogP contribution in [-0.4, -0.2) is 18.5 Å². The smallest absolute Gasteiger partial charge is 0.331 e. The molecule has 0 saturated heterocycles. The van der Waals surface area contributed by atoms with Crippen molar-refractivity contribution >= 4 is 46.8 Å². The molecule has 0 spiro atoms. The van der Waals surface area contributed by atoms with Gasteiger partial charge >= 0.3 is 5.97 Å². The number of anilines is 1. The average Bonchev–Trinajstić information content (AvgIpc) is 2.56. The summed E-state index contributed by atoms with van der Waals surface area (Å²) in [6, 6.07) is 10.5. The summed E-state index contributed by atoms with van der Waals surface area (Å²) in [7, 11) is 0. The number of hydrogen-bond acceptors (Lipinski definition) is 3. The molecule has 0 aliphatic carbocycles. The molecule has 0 fully saturated rings. The Bertz CT molecular complexity index is 776. The Balaban J connectivity index is 1.83. The van der Waals surface area contributed by atoms with Gasteiger partial charge in [-0.1, -0.05) is 35.3 Å². The highest BCUT2D eigenvalue weighted by atomic mass is 35.5. The summed E-state index contributed by atoms with van der Waals surface area (Å²) < 4.78 is 18.2. The molecule has 0 aliphatic heterocycles. The van der Waals surface area contributed by atoms with Gasteiger partial charge < -0.3 is 10.1 Å². The van der Waals surface area contributed by atoms with Crippen LogP contribution in [0.4, 0.5) is 10.1 Å². The number of halogens is 3. The van der Waals surface area contributed by atoms with Crippen LogP contribution in [0.15, 0.2) is 48.5 Å². The number of carbonyl (C=O) groups excluding carboxylic acids is 2. The van der Waals surface area contributed by atoms with Crippen molar-refractivity contribution < 1.29 is 18.7 Å². The van der Waals surface area contributed by atoms with E-state index in [2.05, 4.69) is 5.32 Å². The van der Waals surface area contributed by atoms with E-state index < -0.39 is 24.3 Å². The van der Waals surface area contributed by atoms with E-state index in [1.165, 1.54) is 24.3 Å². The SMILES string of the molecule is O=C(COC(=O)/C=C/c1ccc(Cl)cc1)Nc1cc(Cl)ccc1F. The lowest BCUT2D eigenvalue weighted by Gasteiger charge is -2.06. The van der Waals surface area contributed by atoms with Crippen molar-refractivity contribution in [3.05, 3.63) is 70.0 Å². The molecule has 0 bridgehead atoms. The molecule has 0 heterocycles. The second kappa shape index (κ2) is 8.47. The van der Waals surface area contributed by atoms with Gasteiger partial charge in [0.15, 0.2) is 6.61 Å². The highest BCUT2D eigenvalue weighted by Crippen LogP contribution is 2.19. The summed E-state index contributed by atoms with van der Waals surface area (Å²) in [5.41, 5.74) is 0.669. The van der Waals surface area contributed by atoms with Gasteiger partial charge in [0.1, 0.15) is 5.82 Å². The first-order valence-electron chi connectivity index (χ1n) is 6.79. The maximum atomic E-state index is 13.5. The maximum Gasteiger partial charge on any atom is 0.331 e. The standard InChI is InChI=1S/C17H12Cl2FNO3/c18-12-4-1-11(2-5-12)3-8-17(23)24-10-16(22)21-15-9-13(19)6-7-14(15)20/h1-9H,10H2,(H,21,22)/b8-3+. The monoisotopic (exact) mass is 367 g/mol. The first kappa shape index (κ1) is 18.0. The van der Waals surface area contributed by atoms with Gasteiger partial charge in [0.05, 0.1) is 5.69 Å². The van der Waals surface area contributed by atoms with E-state index in [0.29, 0.717) is 5.02 Å². The lowest BCUT2D eigenvalue weighted by molar-refractivity contribution is -0.142. The highest BCUT2D eigenvalue weighted by molar-refractivity contribution is 6.31. The minimum Gasteiger partial charge on any atom is -0.452 e. The van der Waals surface area contributed by atoms with E-state index in [1.54, 1.807) is 24.3 Å². The summed E-state index contributed by atoms with van der Waals surface area (Å²) in [6.07, 6.45) is 2.70. The fraction of sp³-hybridized carbons (Fsp3) is 0.0588. The third-order valence-corrected chi connectivity index (χ3v) is 3.32. The van der Waals surface area contributed by atoms with Crippen molar-refractivity contribution in [3.8, 4) is 0 Å². The molecule has 2 aromatic carbocycles. The van der Waals surface area contributed by atoms with Gasteiger partial charge in [-0.3, -0.25) is 4.79 Å². The van der Waals surface area contributed by atoms with Crippen LogP contribution in [0.5, 0.6) is 0 Å². The first-order valence-corrected chi connectivity index (χ1v) is 7.55. The fourth-order valence-electron chi connectivity index (χ4n) is 1.70. The zero-order chi connectivity index (χ0) is 17.5. The van der Waals surface area contributed by atoms with Crippen LogP contribution < -0.4 is 5.32 Å². The number of benzene rings is 2.